The number of nitrogen functional groups attached to an aromatic ring is 1. The number of pyridine rings is 3. The van der Waals surface area contributed by atoms with Gasteiger partial charge < -0.3 is 21.1 Å². The number of nitrogens with zero attached hydrogens (tertiary/aromatic N) is 5. The van der Waals surface area contributed by atoms with Crippen molar-refractivity contribution < 1.29 is 5.11 Å². The van der Waals surface area contributed by atoms with Crippen molar-refractivity contribution in [3.63, 3.8) is 0 Å². The summed E-state index contributed by atoms with van der Waals surface area (Å²) in [5, 5.41) is 15.5. The van der Waals surface area contributed by atoms with Crippen LogP contribution in [0.1, 0.15) is 25.0 Å². The molecule has 5 rings (SSSR count). The van der Waals surface area contributed by atoms with Crippen molar-refractivity contribution in [1.29, 1.82) is 0 Å². The Kier molecular flexibility index (Phi) is 6.28. The van der Waals surface area contributed by atoms with Gasteiger partial charge in [-0.05, 0) is 51.1 Å². The Morgan fingerprint density at radius 1 is 1.08 bits per heavy atom. The van der Waals surface area contributed by atoms with E-state index in [-0.39, 0.29) is 5.75 Å². The molecule has 4 heterocycles. The second-order valence-corrected chi connectivity index (χ2v) is 9.50. The van der Waals surface area contributed by atoms with Crippen molar-refractivity contribution in [1.82, 2.24) is 20.3 Å². The van der Waals surface area contributed by atoms with E-state index in [2.05, 4.69) is 40.1 Å². The molecule has 3 aromatic heterocycles. The topological polar surface area (TPSA) is 113 Å². The van der Waals surface area contributed by atoms with Crippen LogP contribution in [0, 0.1) is 6.92 Å². The third kappa shape index (κ3) is 4.35. The molecule has 4 aromatic rings. The van der Waals surface area contributed by atoms with E-state index in [1.807, 2.05) is 36.5 Å². The van der Waals surface area contributed by atoms with Gasteiger partial charge in [-0.2, -0.15) is 0 Å². The highest BCUT2D eigenvalue weighted by molar-refractivity contribution is 5.98. The van der Waals surface area contributed by atoms with E-state index in [1.165, 1.54) is 0 Å². The van der Waals surface area contributed by atoms with Crippen molar-refractivity contribution in [2.24, 2.45) is 4.99 Å². The Morgan fingerprint density at radius 2 is 1.86 bits per heavy atom. The highest BCUT2D eigenvalue weighted by Crippen LogP contribution is 2.39. The van der Waals surface area contributed by atoms with Crippen LogP contribution >= 0.6 is 0 Å². The summed E-state index contributed by atoms with van der Waals surface area (Å²) in [6.45, 7) is 8.00. The standard InChI is InChI=1S/C28H31N7O/c1-16-14-35(15-17(2)33-16)20-10-22-21(24-7-5-6-8-31-24)11-25(34-28(22)32-13-20)23-9-19(12-30-4)26(29)18(3)27(23)36/h5-13,16-17,33,36H,14-15,29H2,1-4H3. The maximum absolute atomic E-state index is 11.0. The Morgan fingerprint density at radius 3 is 2.56 bits per heavy atom. The summed E-state index contributed by atoms with van der Waals surface area (Å²) in [6, 6.07) is 12.5. The van der Waals surface area contributed by atoms with Gasteiger partial charge in [0.2, 0.25) is 0 Å². The molecule has 0 spiro atoms. The monoisotopic (exact) mass is 481 g/mol. The van der Waals surface area contributed by atoms with Gasteiger partial charge in [-0.25, -0.2) is 9.97 Å². The van der Waals surface area contributed by atoms with E-state index < -0.39 is 0 Å². The molecule has 1 fully saturated rings. The van der Waals surface area contributed by atoms with Gasteiger partial charge >= 0.3 is 0 Å². The summed E-state index contributed by atoms with van der Waals surface area (Å²) in [7, 11) is 1.69. The third-order valence-corrected chi connectivity index (χ3v) is 6.68. The minimum atomic E-state index is 0.0972. The number of piperazine rings is 1. The number of benzene rings is 1. The number of nitrogens with one attached hydrogen (secondary N) is 1. The molecule has 1 aromatic carbocycles. The maximum atomic E-state index is 11.0. The molecule has 0 aliphatic carbocycles. The maximum Gasteiger partial charge on any atom is 0.160 e. The first-order valence-electron chi connectivity index (χ1n) is 12.1. The fourth-order valence-electron chi connectivity index (χ4n) is 4.97. The number of anilines is 2. The smallest absolute Gasteiger partial charge is 0.160 e. The van der Waals surface area contributed by atoms with Crippen LogP contribution in [0.4, 0.5) is 11.4 Å². The lowest BCUT2D eigenvalue weighted by molar-refractivity contribution is 0.407. The van der Waals surface area contributed by atoms with E-state index in [0.29, 0.717) is 40.2 Å². The predicted molar refractivity (Wildman–Crippen MR) is 147 cm³/mol. The number of fused-ring (bicyclic) bond motifs is 1. The number of hydrogen-bond donors (Lipinski definition) is 3. The SMILES string of the molecule is CN=Cc1cc(-c2cc(-c3ccccn3)c3cc(N4CC(C)NC(C)C4)cnc3n2)c(O)c(C)c1N. The number of aromatic hydroxyl groups is 1. The predicted octanol–water partition coefficient (Wildman–Crippen LogP) is 4.19. The average molecular weight is 482 g/mol. The van der Waals surface area contributed by atoms with Gasteiger partial charge in [0.15, 0.2) is 5.65 Å². The molecule has 8 nitrogen and oxygen atoms in total. The lowest BCUT2D eigenvalue weighted by Gasteiger charge is -2.37. The van der Waals surface area contributed by atoms with Gasteiger partial charge in [0.05, 0.1) is 23.3 Å². The fraction of sp³-hybridized carbons (Fsp3) is 0.286. The van der Waals surface area contributed by atoms with Crippen molar-refractivity contribution in [2.45, 2.75) is 32.9 Å². The molecule has 0 bridgehead atoms. The first-order chi connectivity index (χ1) is 17.4. The largest absolute Gasteiger partial charge is 0.507 e. The van der Waals surface area contributed by atoms with E-state index in [0.717, 1.165) is 41.0 Å². The van der Waals surface area contributed by atoms with Gasteiger partial charge in [0, 0.05) is 78.0 Å². The van der Waals surface area contributed by atoms with Crippen LogP contribution in [0.25, 0.3) is 33.5 Å². The summed E-state index contributed by atoms with van der Waals surface area (Å²) in [4.78, 5) is 20.7. The summed E-state index contributed by atoms with van der Waals surface area (Å²) in [6.07, 6.45) is 5.35. The zero-order valence-corrected chi connectivity index (χ0v) is 21.0. The molecule has 1 saturated heterocycles. The number of aliphatic imine (C=N–C) groups is 1. The molecule has 2 atom stereocenters. The van der Waals surface area contributed by atoms with Gasteiger partial charge in [0.1, 0.15) is 5.75 Å². The number of hydrogen-bond acceptors (Lipinski definition) is 8. The first-order valence-corrected chi connectivity index (χ1v) is 12.1. The second kappa shape index (κ2) is 9.54. The Balaban J connectivity index is 1.72. The number of rotatable bonds is 4. The van der Waals surface area contributed by atoms with Gasteiger partial charge in [-0.3, -0.25) is 9.98 Å². The Labute approximate surface area is 211 Å². The fourth-order valence-corrected chi connectivity index (χ4v) is 4.97. The third-order valence-electron chi connectivity index (χ3n) is 6.68. The lowest BCUT2D eigenvalue weighted by Crippen LogP contribution is -2.54. The molecule has 36 heavy (non-hydrogen) atoms. The number of aromatic nitrogens is 3. The van der Waals surface area contributed by atoms with E-state index >= 15 is 0 Å². The van der Waals surface area contributed by atoms with Crippen LogP contribution in [0.15, 0.2) is 53.8 Å². The lowest BCUT2D eigenvalue weighted by atomic mass is 9.97. The van der Waals surface area contributed by atoms with Crippen LogP contribution in [-0.4, -0.2) is 58.5 Å². The van der Waals surface area contributed by atoms with Crippen LogP contribution in [0.3, 0.4) is 0 Å². The van der Waals surface area contributed by atoms with Crippen molar-refractivity contribution in [3.8, 4) is 28.3 Å². The molecule has 0 radical (unpaired) electrons. The normalized spacial score (nSPS) is 18.3. The summed E-state index contributed by atoms with van der Waals surface area (Å²) in [5.74, 6) is 0.0972. The molecule has 2 unspecified atom stereocenters. The van der Waals surface area contributed by atoms with Crippen LogP contribution in [0.2, 0.25) is 0 Å². The Bertz CT molecular complexity index is 1440. The highest BCUT2D eigenvalue weighted by atomic mass is 16.3. The molecule has 184 valence electrons. The molecule has 0 saturated carbocycles. The second-order valence-electron chi connectivity index (χ2n) is 9.50. The first kappa shape index (κ1) is 23.7. The molecule has 1 aliphatic rings. The van der Waals surface area contributed by atoms with E-state index in [1.54, 1.807) is 26.4 Å². The van der Waals surface area contributed by atoms with E-state index in [9.17, 15) is 5.11 Å². The van der Waals surface area contributed by atoms with Crippen molar-refractivity contribution in [2.75, 3.05) is 30.8 Å². The minimum absolute atomic E-state index is 0.0972. The number of phenolic OH excluding ortho intramolecular Hbond substituents is 1. The summed E-state index contributed by atoms with van der Waals surface area (Å²) >= 11 is 0. The van der Waals surface area contributed by atoms with Crippen LogP contribution < -0.4 is 16.0 Å². The highest BCUT2D eigenvalue weighted by Gasteiger charge is 2.23. The van der Waals surface area contributed by atoms with Crippen molar-refractivity contribution in [3.05, 3.63) is 59.9 Å². The van der Waals surface area contributed by atoms with Gasteiger partial charge in [-0.15, -0.1) is 0 Å². The molecule has 4 N–H and O–H groups in total. The average Bonchev–Trinajstić information content (AvgIpc) is 2.88. The Hall–Kier alpha value is -4.04. The van der Waals surface area contributed by atoms with E-state index in [4.69, 9.17) is 15.7 Å². The van der Waals surface area contributed by atoms with Crippen LogP contribution in [-0.2, 0) is 0 Å². The molecular weight excluding hydrogens is 450 g/mol. The molecule has 0 amide bonds. The molecule has 8 heteroatoms. The number of phenols is 1. The zero-order valence-electron chi connectivity index (χ0n) is 21.0. The van der Waals surface area contributed by atoms with Gasteiger partial charge in [-0.1, -0.05) is 6.07 Å². The van der Waals surface area contributed by atoms with Gasteiger partial charge in [0.25, 0.3) is 0 Å². The number of nitrogens with two attached hydrogens (primary N) is 1. The molecule has 1 aliphatic heterocycles. The zero-order chi connectivity index (χ0) is 25.4. The summed E-state index contributed by atoms with van der Waals surface area (Å²) in [5.41, 5.74) is 12.6. The van der Waals surface area contributed by atoms with Crippen LogP contribution in [0.5, 0.6) is 5.75 Å². The summed E-state index contributed by atoms with van der Waals surface area (Å²) < 4.78 is 0. The molecular formula is C28H31N7O. The quantitative estimate of drug-likeness (QED) is 0.296. The van der Waals surface area contributed by atoms with Crippen molar-refractivity contribution >= 4 is 28.6 Å². The minimum Gasteiger partial charge on any atom is -0.507 e.